The summed E-state index contributed by atoms with van der Waals surface area (Å²) in [7, 11) is 0.405. The van der Waals surface area contributed by atoms with Crippen molar-refractivity contribution in [3.8, 4) is 0 Å². The number of hydrogen-bond donors (Lipinski definition) is 1. The minimum atomic E-state index is -1.63. The molecule has 0 atom stereocenters. The molecule has 0 aliphatic heterocycles. The topological polar surface area (TPSA) is 12.0 Å². The highest BCUT2D eigenvalue weighted by atomic mass is 79.9. The number of halogens is 1. The van der Waals surface area contributed by atoms with Gasteiger partial charge in [0.1, 0.15) is 23.2 Å². The van der Waals surface area contributed by atoms with E-state index in [2.05, 4.69) is 96.3 Å². The van der Waals surface area contributed by atoms with Crippen LogP contribution in [0.1, 0.15) is 0 Å². The molecule has 3 rings (SSSR count). The van der Waals surface area contributed by atoms with E-state index in [1.807, 2.05) is 7.05 Å². The van der Waals surface area contributed by atoms with Crippen LogP contribution in [0, 0.1) is 0 Å². The number of hydrogen-bond acceptors (Lipinski definition) is 1. The van der Waals surface area contributed by atoms with E-state index >= 15 is 0 Å². The number of benzene rings is 3. The van der Waals surface area contributed by atoms with Gasteiger partial charge in [0.25, 0.3) is 0 Å². The molecule has 0 saturated heterocycles. The van der Waals surface area contributed by atoms with Crippen LogP contribution in [0.25, 0.3) is 0 Å². The monoisotopic (exact) mass is 399 g/mol. The molecule has 3 aromatic rings. The van der Waals surface area contributed by atoms with Gasteiger partial charge < -0.3 is 22.3 Å². The van der Waals surface area contributed by atoms with Gasteiger partial charge in [-0.1, -0.05) is 54.6 Å². The van der Waals surface area contributed by atoms with E-state index in [-0.39, 0.29) is 17.0 Å². The fraction of sp³-hybridized carbons (Fsp3) is 0.143. The van der Waals surface area contributed by atoms with Crippen LogP contribution in [0.4, 0.5) is 0 Å². The zero-order valence-electron chi connectivity index (χ0n) is 13.9. The predicted octanol–water partition coefficient (Wildman–Crippen LogP) is 0.204. The first-order valence-corrected chi connectivity index (χ1v) is 10.0. The summed E-state index contributed by atoms with van der Waals surface area (Å²) in [6.45, 7) is 1.01. The first-order valence-electron chi connectivity index (χ1n) is 8.07. The Bertz CT molecular complexity index is 620. The Morgan fingerprint density at radius 2 is 0.958 bits per heavy atom. The summed E-state index contributed by atoms with van der Waals surface area (Å²) in [5.41, 5.74) is 0. The van der Waals surface area contributed by atoms with Crippen molar-refractivity contribution in [3.63, 3.8) is 0 Å². The van der Waals surface area contributed by atoms with Gasteiger partial charge in [-0.15, -0.1) is 0 Å². The summed E-state index contributed by atoms with van der Waals surface area (Å²) in [6.07, 6.45) is 1.13. The van der Waals surface area contributed by atoms with E-state index in [4.69, 9.17) is 0 Å². The van der Waals surface area contributed by atoms with Crippen molar-refractivity contribution in [2.45, 2.75) is 0 Å². The lowest BCUT2D eigenvalue weighted by Gasteiger charge is -2.27. The summed E-state index contributed by atoms with van der Waals surface area (Å²) in [6, 6.07) is 33.1. The van der Waals surface area contributed by atoms with Crippen molar-refractivity contribution in [3.05, 3.63) is 91.0 Å². The summed E-state index contributed by atoms with van der Waals surface area (Å²) in [4.78, 5) is 0. The smallest absolute Gasteiger partial charge is 0.113 e. The lowest BCUT2D eigenvalue weighted by Crippen LogP contribution is -3.00. The van der Waals surface area contributed by atoms with Crippen molar-refractivity contribution in [2.24, 2.45) is 0 Å². The Hall–Kier alpha value is -1.47. The van der Waals surface area contributed by atoms with Crippen molar-refractivity contribution in [1.29, 1.82) is 0 Å². The van der Waals surface area contributed by atoms with Crippen LogP contribution in [0.15, 0.2) is 91.0 Å². The standard InChI is InChI=1S/C21H23NP.BrH/c1-22-17-18-23(19-11-5-2-6-12-19,20-13-7-3-8-14-20)21-15-9-4-10-16-21;/h2-16,22H,17-18H2,1H3;1H/q+1;/p-1. The summed E-state index contributed by atoms with van der Waals surface area (Å²) in [5.74, 6) is 0. The van der Waals surface area contributed by atoms with Crippen molar-refractivity contribution in [1.82, 2.24) is 5.32 Å². The van der Waals surface area contributed by atoms with Gasteiger partial charge >= 0.3 is 0 Å². The van der Waals surface area contributed by atoms with Crippen LogP contribution in [0.2, 0.25) is 0 Å². The molecule has 0 saturated carbocycles. The maximum Gasteiger partial charge on any atom is 0.113 e. The molecule has 0 aromatic heterocycles. The van der Waals surface area contributed by atoms with Gasteiger partial charge in [-0.2, -0.15) is 0 Å². The van der Waals surface area contributed by atoms with Gasteiger partial charge in [-0.3, -0.25) is 0 Å². The zero-order chi connectivity index (χ0) is 16.0. The van der Waals surface area contributed by atoms with E-state index in [9.17, 15) is 0 Å². The Morgan fingerprint density at radius 3 is 1.25 bits per heavy atom. The molecule has 0 radical (unpaired) electrons. The molecule has 0 bridgehead atoms. The molecule has 1 nitrogen and oxygen atoms in total. The Balaban J connectivity index is 0.00000208. The molecule has 3 heteroatoms. The molecule has 0 aliphatic carbocycles. The van der Waals surface area contributed by atoms with Crippen LogP contribution in [-0.2, 0) is 0 Å². The highest BCUT2D eigenvalue weighted by Gasteiger charge is 2.44. The Morgan fingerprint density at radius 1 is 0.625 bits per heavy atom. The minimum absolute atomic E-state index is 0. The molecule has 0 aliphatic rings. The third kappa shape index (κ3) is 3.78. The Kier molecular flexibility index (Phi) is 7.17. The van der Waals surface area contributed by atoms with Crippen LogP contribution < -0.4 is 38.2 Å². The fourth-order valence-corrected chi connectivity index (χ4v) is 7.43. The second-order valence-electron chi connectivity index (χ2n) is 5.64. The molecular weight excluding hydrogens is 377 g/mol. The van der Waals surface area contributed by atoms with Gasteiger partial charge in [-0.25, -0.2) is 0 Å². The van der Waals surface area contributed by atoms with E-state index in [0.717, 1.165) is 12.7 Å². The summed E-state index contributed by atoms with van der Waals surface area (Å²) >= 11 is 0. The quantitative estimate of drug-likeness (QED) is 0.584. The summed E-state index contributed by atoms with van der Waals surface area (Å²) in [5, 5.41) is 7.71. The van der Waals surface area contributed by atoms with Crippen LogP contribution >= 0.6 is 7.26 Å². The van der Waals surface area contributed by atoms with Gasteiger partial charge in [0.05, 0.1) is 6.16 Å². The van der Waals surface area contributed by atoms with E-state index in [1.165, 1.54) is 15.9 Å². The second kappa shape index (κ2) is 9.13. The molecule has 24 heavy (non-hydrogen) atoms. The normalized spacial score (nSPS) is 10.9. The zero-order valence-corrected chi connectivity index (χ0v) is 16.4. The lowest BCUT2D eigenvalue weighted by molar-refractivity contribution is -0.00000453. The first-order chi connectivity index (χ1) is 11.4. The fourth-order valence-electron chi connectivity index (χ4n) is 3.16. The average molecular weight is 400 g/mol. The largest absolute Gasteiger partial charge is 1.00 e. The Labute approximate surface area is 156 Å². The molecule has 0 fully saturated rings. The third-order valence-corrected chi connectivity index (χ3v) is 8.72. The van der Waals surface area contributed by atoms with Gasteiger partial charge in [0.15, 0.2) is 0 Å². The van der Waals surface area contributed by atoms with E-state index in [0.29, 0.717) is 0 Å². The van der Waals surface area contributed by atoms with Gasteiger partial charge in [-0.05, 0) is 43.4 Å². The maximum atomic E-state index is 3.36. The average Bonchev–Trinajstić information content (AvgIpc) is 2.65. The number of rotatable bonds is 6. The van der Waals surface area contributed by atoms with Gasteiger partial charge in [0.2, 0.25) is 0 Å². The first kappa shape index (κ1) is 18.9. The molecule has 0 heterocycles. The van der Waals surface area contributed by atoms with E-state index in [1.54, 1.807) is 0 Å². The molecule has 0 unspecified atom stereocenters. The van der Waals surface area contributed by atoms with Crippen molar-refractivity contribution < 1.29 is 17.0 Å². The molecule has 124 valence electrons. The van der Waals surface area contributed by atoms with Crippen molar-refractivity contribution >= 4 is 23.2 Å². The SMILES string of the molecule is CNCC[P+](c1ccccc1)(c1ccccc1)c1ccccc1.[Br-]. The van der Waals surface area contributed by atoms with E-state index < -0.39 is 7.26 Å². The highest BCUT2D eigenvalue weighted by molar-refractivity contribution is 7.95. The second-order valence-corrected chi connectivity index (χ2v) is 9.26. The number of nitrogens with one attached hydrogen (secondary N) is 1. The predicted molar refractivity (Wildman–Crippen MR) is 104 cm³/mol. The summed E-state index contributed by atoms with van der Waals surface area (Å²) < 4.78 is 0. The van der Waals surface area contributed by atoms with Crippen LogP contribution in [-0.4, -0.2) is 19.8 Å². The molecular formula is C21H23BrNP. The minimum Gasteiger partial charge on any atom is -1.00 e. The lowest BCUT2D eigenvalue weighted by atomic mass is 10.4. The molecule has 1 N–H and O–H groups in total. The molecule has 0 spiro atoms. The van der Waals surface area contributed by atoms with Crippen molar-refractivity contribution in [2.75, 3.05) is 19.8 Å². The van der Waals surface area contributed by atoms with Crippen LogP contribution in [0.3, 0.4) is 0 Å². The molecule has 0 amide bonds. The maximum absolute atomic E-state index is 3.36. The third-order valence-electron chi connectivity index (χ3n) is 4.29. The van der Waals surface area contributed by atoms with Crippen LogP contribution in [0.5, 0.6) is 0 Å². The molecule has 3 aromatic carbocycles. The highest BCUT2D eigenvalue weighted by Crippen LogP contribution is 2.54. The van der Waals surface area contributed by atoms with Gasteiger partial charge in [0, 0.05) is 6.54 Å².